The normalized spacial score (nSPS) is 21.5. The molecular formula is C27H35BN6O6. The van der Waals surface area contributed by atoms with E-state index in [0.29, 0.717) is 19.5 Å². The molecule has 2 aliphatic rings. The monoisotopic (exact) mass is 550 g/mol. The third-order valence-corrected chi connectivity index (χ3v) is 7.04. The molecule has 4 rings (SSSR count). The van der Waals surface area contributed by atoms with E-state index in [1.807, 2.05) is 56.1 Å². The number of likely N-dealkylation sites (N-methyl/N-ethyl adjacent to an activating group) is 2. The highest BCUT2D eigenvalue weighted by Gasteiger charge is 2.49. The second-order valence-electron chi connectivity index (χ2n) is 10.7. The predicted octanol–water partition coefficient (Wildman–Crippen LogP) is 0.0904. The Morgan fingerprint density at radius 1 is 1.02 bits per heavy atom. The van der Waals surface area contributed by atoms with Crippen LogP contribution in [0.15, 0.2) is 48.9 Å². The molecule has 4 atom stereocenters. The summed E-state index contributed by atoms with van der Waals surface area (Å²) in [6.45, 7) is 4.70. The van der Waals surface area contributed by atoms with Crippen molar-refractivity contribution in [3.05, 3.63) is 60.2 Å². The van der Waals surface area contributed by atoms with Gasteiger partial charge in [-0.15, -0.1) is 0 Å². The first-order chi connectivity index (χ1) is 19.1. The summed E-state index contributed by atoms with van der Waals surface area (Å²) in [5, 5.41) is 5.65. The molecule has 3 heterocycles. The lowest BCUT2D eigenvalue weighted by Crippen LogP contribution is -2.66. The van der Waals surface area contributed by atoms with Gasteiger partial charge >= 0.3 is 19.1 Å². The Hall–Kier alpha value is -3.84. The van der Waals surface area contributed by atoms with E-state index >= 15 is 0 Å². The van der Waals surface area contributed by atoms with Crippen molar-refractivity contribution in [2.75, 3.05) is 27.2 Å². The van der Waals surface area contributed by atoms with Gasteiger partial charge in [0.1, 0.15) is 23.8 Å². The minimum absolute atomic E-state index is 0.0585. The predicted molar refractivity (Wildman–Crippen MR) is 146 cm³/mol. The Morgan fingerprint density at radius 3 is 2.25 bits per heavy atom. The summed E-state index contributed by atoms with van der Waals surface area (Å²) in [6, 6.07) is 6.96. The number of fused-ring (bicyclic) bond motifs is 2. The summed E-state index contributed by atoms with van der Waals surface area (Å²) < 4.78 is 11.4. The summed E-state index contributed by atoms with van der Waals surface area (Å²) in [4.78, 5) is 64.4. The lowest BCUT2D eigenvalue weighted by molar-refractivity contribution is -0.159. The lowest BCUT2D eigenvalue weighted by Gasteiger charge is -2.43. The van der Waals surface area contributed by atoms with Crippen molar-refractivity contribution >= 4 is 30.9 Å². The smallest absolute Gasteiger partial charge is 0.497 e. The number of amides is 2. The maximum absolute atomic E-state index is 13.7. The molecule has 0 spiro atoms. The van der Waals surface area contributed by atoms with Crippen LogP contribution >= 0.6 is 0 Å². The van der Waals surface area contributed by atoms with Crippen molar-refractivity contribution in [2.24, 2.45) is 5.92 Å². The molecule has 2 amide bonds. The summed E-state index contributed by atoms with van der Waals surface area (Å²) in [5.74, 6) is -2.92. The molecule has 1 unspecified atom stereocenters. The average molecular weight is 550 g/mol. The number of nitrogens with one attached hydrogen (secondary N) is 2. The van der Waals surface area contributed by atoms with Crippen molar-refractivity contribution in [3.8, 4) is 0 Å². The average Bonchev–Trinajstić information content (AvgIpc) is 2.93. The number of aromatic nitrogens is 2. The van der Waals surface area contributed by atoms with Gasteiger partial charge < -0.3 is 24.8 Å². The van der Waals surface area contributed by atoms with E-state index in [-0.39, 0.29) is 18.0 Å². The molecular weight excluding hydrogens is 515 g/mol. The first-order valence-corrected chi connectivity index (χ1v) is 13.3. The van der Waals surface area contributed by atoms with Crippen LogP contribution < -0.4 is 10.6 Å². The first-order valence-electron chi connectivity index (χ1n) is 13.3. The number of benzene rings is 1. The van der Waals surface area contributed by atoms with Gasteiger partial charge in [0.15, 0.2) is 0 Å². The second kappa shape index (κ2) is 13.0. The van der Waals surface area contributed by atoms with E-state index in [1.165, 1.54) is 18.6 Å². The molecule has 2 bridgehead atoms. The quantitative estimate of drug-likeness (QED) is 0.413. The Kier molecular flexibility index (Phi) is 9.48. The largest absolute Gasteiger partial charge is 0.622 e. The fourth-order valence-corrected chi connectivity index (χ4v) is 4.93. The number of rotatable bonds is 9. The van der Waals surface area contributed by atoms with Crippen molar-refractivity contribution in [3.63, 3.8) is 0 Å². The molecule has 2 saturated heterocycles. The van der Waals surface area contributed by atoms with E-state index in [9.17, 15) is 19.2 Å². The fraction of sp³-hybridized carbons (Fsp3) is 0.481. The van der Waals surface area contributed by atoms with Crippen LogP contribution in [0.5, 0.6) is 0 Å². The minimum Gasteiger partial charge on any atom is -0.497 e. The van der Waals surface area contributed by atoms with Crippen molar-refractivity contribution in [1.82, 2.24) is 30.4 Å². The van der Waals surface area contributed by atoms with Gasteiger partial charge in [-0.05, 0) is 32.0 Å². The van der Waals surface area contributed by atoms with Crippen molar-refractivity contribution in [2.45, 2.75) is 50.8 Å². The molecule has 2 aliphatic heterocycles. The Labute approximate surface area is 234 Å². The Morgan fingerprint density at radius 2 is 1.68 bits per heavy atom. The number of carbonyl (C=O) groups is 4. The van der Waals surface area contributed by atoms with Crippen molar-refractivity contribution in [1.29, 1.82) is 0 Å². The van der Waals surface area contributed by atoms with Crippen LogP contribution in [0.3, 0.4) is 0 Å². The molecule has 2 aromatic rings. The SMILES string of the molecule is CC(C)C[C@H](NC(=O)C(Cc1ccccc1)NC(=O)c1cnccn1)B1OC(=O)[C@H]2CN(C)C[C@@H](C(=O)O1)N2C. The molecule has 0 saturated carbocycles. The van der Waals surface area contributed by atoms with Crippen LogP contribution in [-0.4, -0.2) is 102 Å². The van der Waals surface area contributed by atoms with Gasteiger partial charge in [0.05, 0.1) is 12.1 Å². The van der Waals surface area contributed by atoms with Crippen LogP contribution in [0.4, 0.5) is 0 Å². The van der Waals surface area contributed by atoms with Gasteiger partial charge in [0, 0.05) is 31.9 Å². The summed E-state index contributed by atoms with van der Waals surface area (Å²) in [6.07, 6.45) is 4.70. The highest BCUT2D eigenvalue weighted by Crippen LogP contribution is 2.21. The molecule has 1 aromatic carbocycles. The molecule has 0 radical (unpaired) electrons. The molecule has 1 aromatic heterocycles. The van der Waals surface area contributed by atoms with Gasteiger partial charge in [-0.1, -0.05) is 44.2 Å². The van der Waals surface area contributed by atoms with E-state index in [2.05, 4.69) is 20.6 Å². The second-order valence-corrected chi connectivity index (χ2v) is 10.7. The van der Waals surface area contributed by atoms with Gasteiger partial charge in [-0.3, -0.25) is 29.1 Å². The number of carbonyl (C=O) groups excluding carboxylic acids is 4. The fourth-order valence-electron chi connectivity index (χ4n) is 4.93. The molecule has 212 valence electrons. The maximum atomic E-state index is 13.7. The molecule has 2 fully saturated rings. The van der Waals surface area contributed by atoms with Gasteiger partial charge in [-0.25, -0.2) is 4.98 Å². The number of hydrogen-bond acceptors (Lipinski definition) is 10. The lowest BCUT2D eigenvalue weighted by atomic mass is 9.73. The molecule has 12 nitrogen and oxygen atoms in total. The maximum Gasteiger partial charge on any atom is 0.622 e. The van der Waals surface area contributed by atoms with Crippen LogP contribution in [0.1, 0.15) is 36.3 Å². The number of hydrogen-bond donors (Lipinski definition) is 2. The van der Waals surface area contributed by atoms with E-state index in [4.69, 9.17) is 9.31 Å². The van der Waals surface area contributed by atoms with Crippen LogP contribution in [0.2, 0.25) is 0 Å². The Balaban J connectivity index is 1.56. The molecule has 40 heavy (non-hydrogen) atoms. The Bertz CT molecular complexity index is 1170. The molecule has 0 aliphatic carbocycles. The molecule has 13 heteroatoms. The highest BCUT2D eigenvalue weighted by molar-refractivity contribution is 6.51. The zero-order chi connectivity index (χ0) is 28.8. The van der Waals surface area contributed by atoms with Gasteiger partial charge in [0.25, 0.3) is 5.91 Å². The summed E-state index contributed by atoms with van der Waals surface area (Å²) in [5.41, 5.74) is 0.891. The van der Waals surface area contributed by atoms with Crippen LogP contribution in [-0.2, 0) is 30.1 Å². The van der Waals surface area contributed by atoms with Crippen LogP contribution in [0, 0.1) is 5.92 Å². The zero-order valence-electron chi connectivity index (χ0n) is 23.1. The zero-order valence-corrected chi connectivity index (χ0v) is 23.1. The standard InChI is InChI=1S/C27H35BN6O6/c1-17(2)12-23(28-39-26(37)21-15-33(3)16-22(34(21)4)27(38)40-28)32-24(35)19(13-18-8-6-5-7-9-18)31-25(36)20-14-29-10-11-30-20/h5-11,14,17,19,21-23H,12-13,15-16H2,1-4H3,(H,31,36)(H,32,35)/t19?,21-,22+,23-/m0/s1. The van der Waals surface area contributed by atoms with E-state index < -0.39 is 54.9 Å². The third-order valence-electron chi connectivity index (χ3n) is 7.04. The minimum atomic E-state index is -1.32. The summed E-state index contributed by atoms with van der Waals surface area (Å²) in [7, 11) is 2.21. The number of nitrogens with zero attached hydrogens (tertiary/aromatic N) is 4. The number of piperazine rings is 1. The van der Waals surface area contributed by atoms with E-state index in [0.717, 1.165) is 5.56 Å². The topological polar surface area (TPSA) is 143 Å². The van der Waals surface area contributed by atoms with E-state index in [1.54, 1.807) is 11.9 Å². The first kappa shape index (κ1) is 29.2. The van der Waals surface area contributed by atoms with Gasteiger partial charge in [-0.2, -0.15) is 0 Å². The third kappa shape index (κ3) is 7.22. The van der Waals surface area contributed by atoms with Crippen LogP contribution in [0.25, 0.3) is 0 Å². The van der Waals surface area contributed by atoms with Gasteiger partial charge in [0.2, 0.25) is 5.91 Å². The molecule has 2 N–H and O–H groups in total. The highest BCUT2D eigenvalue weighted by atomic mass is 16.6. The summed E-state index contributed by atoms with van der Waals surface area (Å²) >= 11 is 0. The van der Waals surface area contributed by atoms with Crippen molar-refractivity contribution < 1.29 is 28.5 Å².